The van der Waals surface area contributed by atoms with Crippen LogP contribution in [0.3, 0.4) is 0 Å². The first-order valence-electron chi connectivity index (χ1n) is 10.8. The number of carbonyl (C=O) groups excluding carboxylic acids is 2. The van der Waals surface area contributed by atoms with Crippen LogP contribution in [0.4, 0.5) is 5.69 Å². The van der Waals surface area contributed by atoms with E-state index in [-0.39, 0.29) is 17.2 Å². The molecule has 0 saturated heterocycles. The van der Waals surface area contributed by atoms with Crippen LogP contribution in [-0.2, 0) is 22.6 Å². The molecule has 0 atom stereocenters. The third-order valence-corrected chi connectivity index (χ3v) is 7.65. The van der Waals surface area contributed by atoms with E-state index < -0.39 is 0 Å². The van der Waals surface area contributed by atoms with Crippen LogP contribution in [0.5, 0.6) is 0 Å². The van der Waals surface area contributed by atoms with Gasteiger partial charge in [-0.2, -0.15) is 0 Å². The number of benzene rings is 1. The van der Waals surface area contributed by atoms with Crippen LogP contribution in [0.15, 0.2) is 18.2 Å². The first-order chi connectivity index (χ1) is 13.0. The number of amides is 2. The van der Waals surface area contributed by atoms with Crippen molar-refractivity contribution in [3.63, 3.8) is 0 Å². The van der Waals surface area contributed by atoms with Crippen molar-refractivity contribution in [3.8, 4) is 0 Å². The fourth-order valence-electron chi connectivity index (χ4n) is 6.72. The van der Waals surface area contributed by atoms with Gasteiger partial charge in [-0.25, -0.2) is 0 Å². The van der Waals surface area contributed by atoms with E-state index in [0.717, 1.165) is 55.7 Å². The molecule has 1 N–H and O–H groups in total. The average molecular weight is 367 g/mol. The molecule has 0 radical (unpaired) electrons. The zero-order chi connectivity index (χ0) is 18.6. The summed E-state index contributed by atoms with van der Waals surface area (Å²) in [6.45, 7) is 3.39. The summed E-state index contributed by atoms with van der Waals surface area (Å²) in [5.74, 6) is 2.79. The SMILES string of the molecule is CCC(=O)N1CCc2ccc(NC(=O)C34CC5CC(CC(C5)C3)C4)cc2C1. The molecular formula is C23H30N2O2. The van der Waals surface area contributed by atoms with Gasteiger partial charge in [0.05, 0.1) is 5.41 Å². The Kier molecular flexibility index (Phi) is 4.06. The maximum atomic E-state index is 13.3. The maximum Gasteiger partial charge on any atom is 0.230 e. The van der Waals surface area contributed by atoms with Crippen molar-refractivity contribution in [2.75, 3.05) is 11.9 Å². The van der Waals surface area contributed by atoms with Gasteiger partial charge in [-0.15, -0.1) is 0 Å². The lowest BCUT2D eigenvalue weighted by molar-refractivity contribution is -0.140. The van der Waals surface area contributed by atoms with Gasteiger partial charge in [-0.1, -0.05) is 13.0 Å². The number of anilines is 1. The first-order valence-corrected chi connectivity index (χ1v) is 10.8. The number of hydrogen-bond donors (Lipinski definition) is 1. The monoisotopic (exact) mass is 366 g/mol. The second kappa shape index (κ2) is 6.35. The molecule has 27 heavy (non-hydrogen) atoms. The Balaban J connectivity index is 1.33. The highest BCUT2D eigenvalue weighted by molar-refractivity contribution is 5.95. The fraction of sp³-hybridized carbons (Fsp3) is 0.652. The Bertz CT molecular complexity index is 749. The molecule has 0 unspecified atom stereocenters. The Morgan fingerprint density at radius 2 is 1.74 bits per heavy atom. The fourth-order valence-corrected chi connectivity index (χ4v) is 6.72. The summed E-state index contributed by atoms with van der Waals surface area (Å²) < 4.78 is 0. The van der Waals surface area contributed by atoms with E-state index >= 15 is 0 Å². The van der Waals surface area contributed by atoms with E-state index in [9.17, 15) is 9.59 Å². The van der Waals surface area contributed by atoms with Crippen molar-refractivity contribution in [1.82, 2.24) is 4.90 Å². The second-order valence-electron chi connectivity index (χ2n) is 9.55. The Morgan fingerprint density at radius 3 is 2.37 bits per heavy atom. The Labute approximate surface area is 161 Å². The van der Waals surface area contributed by atoms with Gasteiger partial charge in [0.25, 0.3) is 0 Å². The predicted octanol–water partition coefficient (Wildman–Crippen LogP) is 4.14. The molecule has 0 aromatic heterocycles. The molecule has 144 valence electrons. The van der Waals surface area contributed by atoms with Crippen molar-refractivity contribution >= 4 is 17.5 Å². The van der Waals surface area contributed by atoms with Crippen molar-refractivity contribution in [2.24, 2.45) is 23.2 Å². The second-order valence-corrected chi connectivity index (χ2v) is 9.55. The molecule has 1 aliphatic heterocycles. The molecule has 1 heterocycles. The van der Waals surface area contributed by atoms with Gasteiger partial charge in [-0.3, -0.25) is 9.59 Å². The number of nitrogens with zero attached hydrogens (tertiary/aromatic N) is 1. The third-order valence-electron chi connectivity index (χ3n) is 7.65. The van der Waals surface area contributed by atoms with Crippen molar-refractivity contribution < 1.29 is 9.59 Å². The van der Waals surface area contributed by atoms with Crippen LogP contribution in [0, 0.1) is 23.2 Å². The summed E-state index contributed by atoms with van der Waals surface area (Å²) in [5.41, 5.74) is 3.28. The summed E-state index contributed by atoms with van der Waals surface area (Å²) in [5, 5.41) is 3.26. The zero-order valence-electron chi connectivity index (χ0n) is 16.3. The lowest BCUT2D eigenvalue weighted by Gasteiger charge is -2.55. The number of hydrogen-bond acceptors (Lipinski definition) is 2. The zero-order valence-corrected chi connectivity index (χ0v) is 16.3. The lowest BCUT2D eigenvalue weighted by Crippen LogP contribution is -2.51. The van der Waals surface area contributed by atoms with Crippen LogP contribution in [0.1, 0.15) is 63.0 Å². The molecule has 4 bridgehead atoms. The van der Waals surface area contributed by atoms with Gasteiger partial charge in [0, 0.05) is 25.2 Å². The summed E-state index contributed by atoms with van der Waals surface area (Å²) in [4.78, 5) is 27.3. The quantitative estimate of drug-likeness (QED) is 0.874. The molecule has 6 rings (SSSR count). The molecule has 1 aromatic carbocycles. The molecule has 1 aromatic rings. The lowest BCUT2D eigenvalue weighted by atomic mass is 9.49. The molecule has 4 aliphatic carbocycles. The van der Waals surface area contributed by atoms with Crippen LogP contribution < -0.4 is 5.32 Å². The minimum Gasteiger partial charge on any atom is -0.338 e. The minimum absolute atomic E-state index is 0.116. The number of nitrogens with one attached hydrogen (secondary N) is 1. The van der Waals surface area contributed by atoms with Gasteiger partial charge in [0.2, 0.25) is 11.8 Å². The molecule has 4 nitrogen and oxygen atoms in total. The van der Waals surface area contributed by atoms with Gasteiger partial charge in [0.1, 0.15) is 0 Å². The smallest absolute Gasteiger partial charge is 0.230 e. The molecule has 2 amide bonds. The number of carbonyl (C=O) groups is 2. The van der Waals surface area contributed by atoms with Gasteiger partial charge in [-0.05, 0) is 86.0 Å². The molecular weight excluding hydrogens is 336 g/mol. The summed E-state index contributed by atoms with van der Waals surface area (Å²) >= 11 is 0. The minimum atomic E-state index is -0.116. The molecule has 4 fully saturated rings. The van der Waals surface area contributed by atoms with E-state index in [0.29, 0.717) is 13.0 Å². The summed E-state index contributed by atoms with van der Waals surface area (Å²) in [6, 6.07) is 6.29. The first kappa shape index (κ1) is 17.3. The molecule has 0 spiro atoms. The van der Waals surface area contributed by atoms with Gasteiger partial charge < -0.3 is 10.2 Å². The van der Waals surface area contributed by atoms with E-state index in [1.807, 2.05) is 11.8 Å². The Hall–Kier alpha value is -1.84. The van der Waals surface area contributed by atoms with E-state index in [4.69, 9.17) is 0 Å². The third kappa shape index (κ3) is 2.97. The van der Waals surface area contributed by atoms with Gasteiger partial charge in [0.15, 0.2) is 0 Å². The van der Waals surface area contributed by atoms with Crippen LogP contribution in [-0.4, -0.2) is 23.3 Å². The van der Waals surface area contributed by atoms with Crippen LogP contribution in [0.25, 0.3) is 0 Å². The predicted molar refractivity (Wildman–Crippen MR) is 105 cm³/mol. The summed E-state index contributed by atoms with van der Waals surface area (Å²) in [7, 11) is 0. The Morgan fingerprint density at radius 1 is 1.07 bits per heavy atom. The van der Waals surface area contributed by atoms with E-state index in [1.54, 1.807) is 0 Å². The molecule has 4 saturated carbocycles. The van der Waals surface area contributed by atoms with Crippen molar-refractivity contribution in [3.05, 3.63) is 29.3 Å². The summed E-state index contributed by atoms with van der Waals surface area (Å²) in [6.07, 6.45) is 8.80. The number of fused-ring (bicyclic) bond motifs is 1. The standard InChI is InChI=1S/C23H30N2O2/c1-2-21(26)25-6-5-18-3-4-20(10-19(18)14-25)24-22(27)23-11-15-7-16(12-23)9-17(8-15)13-23/h3-4,10,15-17H,2,5-9,11-14H2,1H3,(H,24,27). The highest BCUT2D eigenvalue weighted by Crippen LogP contribution is 2.60. The molecule has 4 heteroatoms. The normalized spacial score (nSPS) is 33.7. The van der Waals surface area contributed by atoms with Crippen LogP contribution in [0.2, 0.25) is 0 Å². The largest absolute Gasteiger partial charge is 0.338 e. The van der Waals surface area contributed by atoms with E-state index in [2.05, 4.69) is 23.5 Å². The van der Waals surface area contributed by atoms with Crippen molar-refractivity contribution in [1.29, 1.82) is 0 Å². The average Bonchev–Trinajstić information content (AvgIpc) is 2.65. The van der Waals surface area contributed by atoms with Crippen LogP contribution >= 0.6 is 0 Å². The van der Waals surface area contributed by atoms with Crippen molar-refractivity contribution in [2.45, 2.75) is 64.8 Å². The van der Waals surface area contributed by atoms with E-state index in [1.165, 1.54) is 30.4 Å². The molecule has 5 aliphatic rings. The van der Waals surface area contributed by atoms with Gasteiger partial charge >= 0.3 is 0 Å². The highest BCUT2D eigenvalue weighted by atomic mass is 16.2. The highest BCUT2D eigenvalue weighted by Gasteiger charge is 2.54. The topological polar surface area (TPSA) is 49.4 Å². The number of rotatable bonds is 3. The maximum absolute atomic E-state index is 13.3.